The van der Waals surface area contributed by atoms with Gasteiger partial charge in [0.1, 0.15) is 5.75 Å². The molecule has 5 nitrogen and oxygen atoms in total. The van der Waals surface area contributed by atoms with Crippen molar-refractivity contribution in [1.82, 2.24) is 4.90 Å². The van der Waals surface area contributed by atoms with Crippen molar-refractivity contribution in [3.8, 4) is 16.9 Å². The average molecular weight is 601 g/mol. The molecule has 44 heavy (non-hydrogen) atoms. The summed E-state index contributed by atoms with van der Waals surface area (Å²) in [5.41, 5.74) is 3.29. The van der Waals surface area contributed by atoms with E-state index in [2.05, 4.69) is 40.6 Å². The van der Waals surface area contributed by atoms with E-state index in [1.165, 1.54) is 23.3 Å². The van der Waals surface area contributed by atoms with Crippen LogP contribution in [0.4, 0.5) is 23.7 Å². The molecule has 3 aromatic carbocycles. The third kappa shape index (κ3) is 5.69. The standard InChI is InChI=1S/C36H35F3N2O3/c37-36(38,39)27-15-12-24(13-16-27)29-7-1-3-10-32(29)43-34(42)40-28-17-14-26-22-41(20-18-25(26)21-28)23-35-19-6-5-9-31(35)30-8-2-4-11-33(30)44-35/h1-7,10,12-17,21,30-31,33H,8-9,11,18-20,22-23H2,(H,40,42). The van der Waals surface area contributed by atoms with Crippen LogP contribution < -0.4 is 10.1 Å². The molecule has 0 bridgehead atoms. The fourth-order valence-corrected chi connectivity index (χ4v) is 7.56. The van der Waals surface area contributed by atoms with Gasteiger partial charge in [0.2, 0.25) is 0 Å². The van der Waals surface area contributed by atoms with E-state index in [9.17, 15) is 18.0 Å². The predicted octanol–water partition coefficient (Wildman–Crippen LogP) is 8.41. The minimum absolute atomic E-state index is 0.116. The van der Waals surface area contributed by atoms with E-state index in [4.69, 9.17) is 9.47 Å². The second-order valence-corrected chi connectivity index (χ2v) is 12.4. The van der Waals surface area contributed by atoms with E-state index in [0.29, 0.717) is 34.8 Å². The van der Waals surface area contributed by atoms with Crippen molar-refractivity contribution in [2.45, 2.75) is 56.5 Å². The fourth-order valence-electron chi connectivity index (χ4n) is 7.56. The Hall–Kier alpha value is -3.88. The van der Waals surface area contributed by atoms with Crippen LogP contribution in [0, 0.1) is 11.8 Å². The monoisotopic (exact) mass is 600 g/mol. The molecule has 2 aliphatic carbocycles. The molecule has 2 aliphatic heterocycles. The van der Waals surface area contributed by atoms with Gasteiger partial charge < -0.3 is 9.47 Å². The molecule has 0 saturated carbocycles. The number of hydrogen-bond acceptors (Lipinski definition) is 4. The summed E-state index contributed by atoms with van der Waals surface area (Å²) in [5.74, 6) is 1.43. The molecule has 8 heteroatoms. The minimum Gasteiger partial charge on any atom is -0.409 e. The summed E-state index contributed by atoms with van der Waals surface area (Å²) in [6.45, 7) is 2.70. The second kappa shape index (κ2) is 11.6. The Labute approximate surface area is 255 Å². The summed E-state index contributed by atoms with van der Waals surface area (Å²) >= 11 is 0. The molecular formula is C36H35F3N2O3. The van der Waals surface area contributed by atoms with Gasteiger partial charge in [-0.05, 0) is 91.0 Å². The summed E-state index contributed by atoms with van der Waals surface area (Å²) in [4.78, 5) is 15.4. The smallest absolute Gasteiger partial charge is 0.409 e. The maximum Gasteiger partial charge on any atom is 0.417 e. The third-order valence-corrected chi connectivity index (χ3v) is 9.67. The lowest BCUT2D eigenvalue weighted by Crippen LogP contribution is -2.49. The van der Waals surface area contributed by atoms with Gasteiger partial charge in [-0.1, -0.05) is 60.7 Å². The molecule has 4 atom stereocenters. The molecule has 1 N–H and O–H groups in total. The number of carbonyl (C=O) groups is 1. The summed E-state index contributed by atoms with van der Waals surface area (Å²) in [6.07, 6.45) is 9.58. The Bertz CT molecular complexity index is 1600. The number of rotatable bonds is 5. The third-order valence-electron chi connectivity index (χ3n) is 9.67. The van der Waals surface area contributed by atoms with Gasteiger partial charge in [-0.3, -0.25) is 10.2 Å². The van der Waals surface area contributed by atoms with Gasteiger partial charge >= 0.3 is 12.3 Å². The SMILES string of the molecule is O=C(Nc1ccc2c(c1)CCN(CC13CC=CCC1C1CC=CCC1O3)C2)Oc1ccccc1-c1ccc(C(F)(F)F)cc1. The summed E-state index contributed by atoms with van der Waals surface area (Å²) in [7, 11) is 0. The fraction of sp³-hybridized carbons (Fsp3) is 0.361. The van der Waals surface area contributed by atoms with Crippen LogP contribution >= 0.6 is 0 Å². The second-order valence-electron chi connectivity index (χ2n) is 12.4. The number of ether oxygens (including phenoxy) is 2. The zero-order chi connectivity index (χ0) is 30.3. The average Bonchev–Trinajstić information content (AvgIpc) is 3.35. The Morgan fingerprint density at radius 2 is 1.75 bits per heavy atom. The van der Waals surface area contributed by atoms with E-state index < -0.39 is 17.8 Å². The molecule has 1 fully saturated rings. The molecule has 3 aromatic rings. The number of carbonyl (C=O) groups excluding carboxylic acids is 1. The van der Waals surface area contributed by atoms with Crippen LogP contribution in [0.3, 0.4) is 0 Å². The Balaban J connectivity index is 0.999. The first kappa shape index (κ1) is 28.9. The zero-order valence-corrected chi connectivity index (χ0v) is 24.4. The number of amides is 1. The van der Waals surface area contributed by atoms with Gasteiger partial charge in [-0.25, -0.2) is 4.79 Å². The van der Waals surface area contributed by atoms with E-state index >= 15 is 0 Å². The van der Waals surface area contributed by atoms with Crippen molar-refractivity contribution >= 4 is 11.8 Å². The molecule has 7 rings (SSSR count). The van der Waals surface area contributed by atoms with Gasteiger partial charge in [0.25, 0.3) is 0 Å². The number of nitrogens with zero attached hydrogens (tertiary/aromatic N) is 1. The van der Waals surface area contributed by atoms with E-state index in [-0.39, 0.29) is 11.4 Å². The molecule has 0 aromatic heterocycles. The summed E-state index contributed by atoms with van der Waals surface area (Å²) in [6, 6.07) is 17.6. The first-order valence-corrected chi connectivity index (χ1v) is 15.3. The summed E-state index contributed by atoms with van der Waals surface area (Å²) in [5, 5.41) is 2.83. The van der Waals surface area contributed by atoms with Gasteiger partial charge in [0, 0.05) is 30.9 Å². The van der Waals surface area contributed by atoms with Crippen molar-refractivity contribution < 1.29 is 27.4 Å². The zero-order valence-electron chi connectivity index (χ0n) is 24.4. The van der Waals surface area contributed by atoms with Gasteiger partial charge in [0.15, 0.2) is 0 Å². The highest BCUT2D eigenvalue weighted by Crippen LogP contribution is 2.51. The van der Waals surface area contributed by atoms with Gasteiger partial charge in [-0.2, -0.15) is 13.2 Å². The lowest BCUT2D eigenvalue weighted by Gasteiger charge is -2.42. The van der Waals surface area contributed by atoms with Crippen molar-refractivity contribution in [1.29, 1.82) is 0 Å². The molecule has 4 unspecified atom stereocenters. The number of anilines is 1. The maximum atomic E-state index is 13.0. The Kier molecular flexibility index (Phi) is 7.58. The maximum absolute atomic E-state index is 13.0. The van der Waals surface area contributed by atoms with E-state index in [1.807, 2.05) is 12.1 Å². The number of allylic oxidation sites excluding steroid dienone is 2. The van der Waals surface area contributed by atoms with Crippen molar-refractivity contribution in [2.24, 2.45) is 11.8 Å². The lowest BCUT2D eigenvalue weighted by atomic mass is 9.70. The highest BCUT2D eigenvalue weighted by Gasteiger charge is 2.54. The van der Waals surface area contributed by atoms with Gasteiger partial charge in [-0.15, -0.1) is 0 Å². The Morgan fingerprint density at radius 1 is 0.955 bits per heavy atom. The molecule has 4 aliphatic rings. The molecule has 0 radical (unpaired) electrons. The van der Waals surface area contributed by atoms with Crippen LogP contribution in [0.1, 0.15) is 42.4 Å². The predicted molar refractivity (Wildman–Crippen MR) is 163 cm³/mol. The molecule has 1 amide bonds. The van der Waals surface area contributed by atoms with E-state index in [0.717, 1.165) is 63.9 Å². The highest BCUT2D eigenvalue weighted by atomic mass is 19.4. The van der Waals surface area contributed by atoms with Crippen LogP contribution in [0.15, 0.2) is 91.0 Å². The topological polar surface area (TPSA) is 50.8 Å². The largest absolute Gasteiger partial charge is 0.417 e. The number of hydrogen-bond donors (Lipinski definition) is 1. The molecule has 0 spiro atoms. The Morgan fingerprint density at radius 3 is 2.59 bits per heavy atom. The molecular weight excluding hydrogens is 565 g/mol. The van der Waals surface area contributed by atoms with Crippen LogP contribution in [-0.4, -0.2) is 35.8 Å². The molecule has 228 valence electrons. The molecule has 2 heterocycles. The first-order valence-electron chi connectivity index (χ1n) is 15.3. The van der Waals surface area contributed by atoms with Gasteiger partial charge in [0.05, 0.1) is 17.3 Å². The van der Waals surface area contributed by atoms with Crippen LogP contribution in [0.25, 0.3) is 11.1 Å². The number of para-hydroxylation sites is 1. The van der Waals surface area contributed by atoms with Crippen LogP contribution in [0.5, 0.6) is 5.75 Å². The number of fused-ring (bicyclic) bond motifs is 4. The number of halogens is 3. The first-order chi connectivity index (χ1) is 21.3. The minimum atomic E-state index is -4.42. The summed E-state index contributed by atoms with van der Waals surface area (Å²) < 4.78 is 51.5. The van der Waals surface area contributed by atoms with Crippen LogP contribution in [-0.2, 0) is 23.9 Å². The highest BCUT2D eigenvalue weighted by molar-refractivity contribution is 5.88. The van der Waals surface area contributed by atoms with Crippen molar-refractivity contribution in [3.63, 3.8) is 0 Å². The quantitative estimate of drug-likeness (QED) is 0.299. The lowest BCUT2D eigenvalue weighted by molar-refractivity contribution is -0.137. The van der Waals surface area contributed by atoms with Crippen molar-refractivity contribution in [3.05, 3.63) is 108 Å². The van der Waals surface area contributed by atoms with Crippen LogP contribution in [0.2, 0.25) is 0 Å². The normalized spacial score (nSPS) is 26.0. The molecule has 1 saturated heterocycles. The van der Waals surface area contributed by atoms with Crippen molar-refractivity contribution in [2.75, 3.05) is 18.4 Å². The number of nitrogens with one attached hydrogen (secondary N) is 1. The number of benzene rings is 3. The van der Waals surface area contributed by atoms with E-state index in [1.54, 1.807) is 24.3 Å². The number of alkyl halides is 3.